The highest BCUT2D eigenvalue weighted by atomic mass is 16.2. The smallest absolute Gasteiger partial charge is 0.220 e. The molecule has 0 saturated carbocycles. The van der Waals surface area contributed by atoms with Gasteiger partial charge < -0.3 is 14.8 Å². The van der Waals surface area contributed by atoms with E-state index in [2.05, 4.69) is 59.9 Å². The van der Waals surface area contributed by atoms with Crippen molar-refractivity contribution in [2.45, 2.75) is 58.9 Å². The summed E-state index contributed by atoms with van der Waals surface area (Å²) in [5, 5.41) is 4.94. The van der Waals surface area contributed by atoms with Crippen LogP contribution in [0, 0.1) is 5.92 Å². The van der Waals surface area contributed by atoms with E-state index in [0.717, 1.165) is 44.8 Å². The molecular formula is C23H35N3O. The maximum absolute atomic E-state index is 12.3. The summed E-state index contributed by atoms with van der Waals surface area (Å²) >= 11 is 0. The van der Waals surface area contributed by atoms with E-state index in [1.807, 2.05) is 0 Å². The molecule has 0 saturated heterocycles. The summed E-state index contributed by atoms with van der Waals surface area (Å²) in [4.78, 5) is 14.4. The third-order valence-corrected chi connectivity index (χ3v) is 5.93. The zero-order chi connectivity index (χ0) is 19.4. The van der Waals surface area contributed by atoms with Crippen LogP contribution in [-0.4, -0.2) is 35.0 Å². The van der Waals surface area contributed by atoms with Gasteiger partial charge in [0.15, 0.2) is 0 Å². The highest BCUT2D eigenvalue weighted by Crippen LogP contribution is 2.38. The van der Waals surface area contributed by atoms with Gasteiger partial charge in [-0.05, 0) is 62.7 Å². The van der Waals surface area contributed by atoms with Crippen LogP contribution in [-0.2, 0) is 18.3 Å². The molecule has 4 heteroatoms. The van der Waals surface area contributed by atoms with E-state index < -0.39 is 0 Å². The molecule has 148 valence electrons. The van der Waals surface area contributed by atoms with Gasteiger partial charge in [-0.3, -0.25) is 4.79 Å². The molecule has 1 aliphatic heterocycles. The quantitative estimate of drug-likeness (QED) is 0.699. The Morgan fingerprint density at radius 2 is 1.96 bits per heavy atom. The maximum Gasteiger partial charge on any atom is 0.220 e. The van der Waals surface area contributed by atoms with Gasteiger partial charge in [0, 0.05) is 37.1 Å². The van der Waals surface area contributed by atoms with E-state index in [1.54, 1.807) is 6.92 Å². The van der Waals surface area contributed by atoms with Gasteiger partial charge in [0.1, 0.15) is 0 Å². The van der Waals surface area contributed by atoms with Crippen LogP contribution < -0.4 is 5.32 Å². The van der Waals surface area contributed by atoms with Gasteiger partial charge in [0.2, 0.25) is 5.91 Å². The van der Waals surface area contributed by atoms with Crippen molar-refractivity contribution in [3.8, 4) is 0 Å². The Hall–Kier alpha value is -1.81. The highest BCUT2D eigenvalue weighted by molar-refractivity contribution is 5.86. The molecule has 27 heavy (non-hydrogen) atoms. The molecule has 1 atom stereocenters. The Bertz CT molecular complexity index is 777. The van der Waals surface area contributed by atoms with E-state index in [4.69, 9.17) is 0 Å². The molecule has 1 aromatic heterocycles. The number of rotatable bonds is 8. The molecule has 1 N–H and O–H groups in total. The number of hydrogen-bond donors (Lipinski definition) is 1. The summed E-state index contributed by atoms with van der Waals surface area (Å²) in [6.45, 7) is 9.23. The van der Waals surface area contributed by atoms with E-state index in [0.29, 0.717) is 0 Å². The average molecular weight is 370 g/mol. The van der Waals surface area contributed by atoms with Gasteiger partial charge in [-0.2, -0.15) is 0 Å². The van der Waals surface area contributed by atoms with Crippen molar-refractivity contribution in [3.63, 3.8) is 0 Å². The number of carbonyl (C=O) groups is 1. The number of benzene rings is 1. The van der Waals surface area contributed by atoms with Gasteiger partial charge in [-0.15, -0.1) is 0 Å². The van der Waals surface area contributed by atoms with Crippen molar-refractivity contribution in [1.29, 1.82) is 0 Å². The first kappa shape index (κ1) is 19.9. The van der Waals surface area contributed by atoms with Crippen LogP contribution in [0.1, 0.15) is 63.8 Å². The minimum atomic E-state index is 0.195. The SMILES string of the molecule is CC(=O)N1CCc2c(n(C)c3ccccc23)C1CCCNCCCC(C)C. The van der Waals surface area contributed by atoms with Crippen molar-refractivity contribution >= 4 is 16.8 Å². The molecule has 2 heterocycles. The molecule has 1 aromatic carbocycles. The monoisotopic (exact) mass is 369 g/mol. The summed E-state index contributed by atoms with van der Waals surface area (Å²) in [5.41, 5.74) is 4.07. The Balaban J connectivity index is 1.70. The summed E-state index contributed by atoms with van der Waals surface area (Å²) in [6.07, 6.45) is 5.60. The molecule has 3 rings (SSSR count). The van der Waals surface area contributed by atoms with Crippen LogP contribution in [0.2, 0.25) is 0 Å². The molecular weight excluding hydrogens is 334 g/mol. The molecule has 2 aromatic rings. The number of carbonyl (C=O) groups excluding carboxylic acids is 1. The topological polar surface area (TPSA) is 37.3 Å². The Morgan fingerprint density at radius 1 is 1.22 bits per heavy atom. The minimum Gasteiger partial charge on any atom is -0.346 e. The number of nitrogens with zero attached hydrogens (tertiary/aromatic N) is 2. The second-order valence-electron chi connectivity index (χ2n) is 8.35. The zero-order valence-corrected chi connectivity index (χ0v) is 17.4. The predicted octanol–water partition coefficient (Wildman–Crippen LogP) is 4.43. The Morgan fingerprint density at radius 3 is 2.70 bits per heavy atom. The van der Waals surface area contributed by atoms with Gasteiger partial charge >= 0.3 is 0 Å². The number of aryl methyl sites for hydroxylation is 1. The number of nitrogens with one attached hydrogen (secondary N) is 1. The second kappa shape index (κ2) is 8.92. The lowest BCUT2D eigenvalue weighted by Gasteiger charge is -2.36. The Labute approximate surface area is 163 Å². The number of aromatic nitrogens is 1. The van der Waals surface area contributed by atoms with Gasteiger partial charge in [-0.25, -0.2) is 0 Å². The van der Waals surface area contributed by atoms with Crippen LogP contribution >= 0.6 is 0 Å². The average Bonchev–Trinajstić information content (AvgIpc) is 2.94. The van der Waals surface area contributed by atoms with Crippen molar-refractivity contribution in [1.82, 2.24) is 14.8 Å². The first-order valence-corrected chi connectivity index (χ1v) is 10.5. The first-order valence-electron chi connectivity index (χ1n) is 10.5. The van der Waals surface area contributed by atoms with Crippen LogP contribution in [0.25, 0.3) is 10.9 Å². The molecule has 0 radical (unpaired) electrons. The fourth-order valence-corrected chi connectivity index (χ4v) is 4.56. The third-order valence-electron chi connectivity index (χ3n) is 5.93. The Kier molecular flexibility index (Phi) is 6.59. The molecule has 0 fully saturated rings. The van der Waals surface area contributed by atoms with E-state index in [9.17, 15) is 4.79 Å². The van der Waals surface area contributed by atoms with Gasteiger partial charge in [0.25, 0.3) is 0 Å². The molecule has 1 aliphatic rings. The maximum atomic E-state index is 12.3. The number of para-hydroxylation sites is 1. The summed E-state index contributed by atoms with van der Waals surface area (Å²) < 4.78 is 2.32. The lowest BCUT2D eigenvalue weighted by molar-refractivity contribution is -0.132. The van der Waals surface area contributed by atoms with E-state index in [1.165, 1.54) is 35.0 Å². The summed E-state index contributed by atoms with van der Waals surface area (Å²) in [7, 11) is 2.15. The second-order valence-corrected chi connectivity index (χ2v) is 8.35. The number of hydrogen-bond acceptors (Lipinski definition) is 2. The van der Waals surface area contributed by atoms with Gasteiger partial charge in [0.05, 0.1) is 6.04 Å². The predicted molar refractivity (Wildman–Crippen MR) is 113 cm³/mol. The number of fused-ring (bicyclic) bond motifs is 3. The fraction of sp³-hybridized carbons (Fsp3) is 0.609. The van der Waals surface area contributed by atoms with Crippen molar-refractivity contribution in [2.75, 3.05) is 19.6 Å². The minimum absolute atomic E-state index is 0.195. The fourth-order valence-electron chi connectivity index (χ4n) is 4.56. The number of amides is 1. The largest absolute Gasteiger partial charge is 0.346 e. The van der Waals surface area contributed by atoms with Crippen molar-refractivity contribution < 1.29 is 4.79 Å². The third kappa shape index (κ3) is 4.37. The highest BCUT2D eigenvalue weighted by Gasteiger charge is 2.32. The molecule has 1 unspecified atom stereocenters. The lowest BCUT2D eigenvalue weighted by Crippen LogP contribution is -2.39. The lowest BCUT2D eigenvalue weighted by atomic mass is 9.94. The standard InChI is InChI=1S/C23H35N3O/c1-17(2)9-7-14-24-15-8-12-22-23-20(13-16-26(22)18(3)27)19-10-5-6-11-21(19)25(23)4/h5-6,10-11,17,22,24H,7-9,12-16H2,1-4H3. The first-order chi connectivity index (χ1) is 13.0. The van der Waals surface area contributed by atoms with Crippen molar-refractivity contribution in [2.24, 2.45) is 13.0 Å². The van der Waals surface area contributed by atoms with Crippen molar-refractivity contribution in [3.05, 3.63) is 35.5 Å². The van der Waals surface area contributed by atoms with Crippen LogP contribution in [0.4, 0.5) is 0 Å². The van der Waals surface area contributed by atoms with Crippen LogP contribution in [0.5, 0.6) is 0 Å². The molecule has 1 amide bonds. The van der Waals surface area contributed by atoms with Crippen LogP contribution in [0.15, 0.2) is 24.3 Å². The molecule has 0 bridgehead atoms. The van der Waals surface area contributed by atoms with Gasteiger partial charge in [-0.1, -0.05) is 32.0 Å². The zero-order valence-electron chi connectivity index (χ0n) is 17.4. The summed E-state index contributed by atoms with van der Waals surface area (Å²) in [5.74, 6) is 0.976. The van der Waals surface area contributed by atoms with E-state index >= 15 is 0 Å². The molecule has 4 nitrogen and oxygen atoms in total. The van der Waals surface area contributed by atoms with Crippen LogP contribution in [0.3, 0.4) is 0 Å². The summed E-state index contributed by atoms with van der Waals surface area (Å²) in [6, 6.07) is 8.84. The van der Waals surface area contributed by atoms with E-state index in [-0.39, 0.29) is 11.9 Å². The molecule has 0 spiro atoms. The normalized spacial score (nSPS) is 16.9. The molecule has 0 aliphatic carbocycles.